The molecule has 12 heteroatoms. The Hall–Kier alpha value is -2.85. The summed E-state index contributed by atoms with van der Waals surface area (Å²) >= 11 is 1.45. The van der Waals surface area contributed by atoms with Crippen LogP contribution in [0, 0.1) is 21.4 Å². The van der Waals surface area contributed by atoms with Gasteiger partial charge in [0.1, 0.15) is 11.1 Å². The largest absolute Gasteiger partial charge is 0.315 e. The van der Waals surface area contributed by atoms with E-state index in [4.69, 9.17) is 0 Å². The molecule has 4 rings (SSSR count). The lowest BCUT2D eigenvalue weighted by Crippen LogP contribution is -2.50. The lowest BCUT2D eigenvalue weighted by Gasteiger charge is -2.33. The number of benzene rings is 1. The third-order valence-corrected chi connectivity index (χ3v) is 8.82. The Morgan fingerprint density at radius 1 is 1.22 bits per heavy atom. The molecule has 0 radical (unpaired) electrons. The molecule has 168 valence electrons. The molecule has 1 fully saturated rings. The molecular weight excluding hydrogens is 454 g/mol. The van der Waals surface area contributed by atoms with Crippen molar-refractivity contribution in [3.8, 4) is 6.07 Å². The van der Waals surface area contributed by atoms with Crippen molar-refractivity contribution in [1.82, 2.24) is 9.21 Å². The number of piperazine rings is 1. The Kier molecular flexibility index (Phi) is 6.25. The number of hydrogen-bond acceptors (Lipinski definition) is 8. The van der Waals surface area contributed by atoms with Crippen molar-refractivity contribution < 1.29 is 18.1 Å². The van der Waals surface area contributed by atoms with Gasteiger partial charge in [0, 0.05) is 37.1 Å². The van der Waals surface area contributed by atoms with Crippen LogP contribution < -0.4 is 5.32 Å². The zero-order chi connectivity index (χ0) is 22.9. The summed E-state index contributed by atoms with van der Waals surface area (Å²) in [6.07, 6.45) is 2.82. The smallest absolute Gasteiger partial charge is 0.289 e. The summed E-state index contributed by atoms with van der Waals surface area (Å²) in [5, 5.41) is 24.1. The van der Waals surface area contributed by atoms with Gasteiger partial charge >= 0.3 is 0 Å². The number of nitrogens with zero attached hydrogens (tertiary/aromatic N) is 4. The lowest BCUT2D eigenvalue weighted by molar-refractivity contribution is -0.387. The van der Waals surface area contributed by atoms with Gasteiger partial charge in [-0.15, -0.1) is 11.3 Å². The van der Waals surface area contributed by atoms with Gasteiger partial charge in [0.2, 0.25) is 15.9 Å². The predicted molar refractivity (Wildman–Crippen MR) is 118 cm³/mol. The number of carbonyl (C=O) groups is 1. The van der Waals surface area contributed by atoms with Crippen molar-refractivity contribution in [2.24, 2.45) is 0 Å². The average molecular weight is 476 g/mol. The van der Waals surface area contributed by atoms with Crippen LogP contribution in [0.2, 0.25) is 0 Å². The standard InChI is InChI=1S/C20H21N5O5S2/c21-12-15-14-4-3-6-17(14)31-20(15)22-19(26)13-23-8-10-24(11-9-23)32(29,30)18-7-2-1-5-16(18)25(27)28/h1-2,5,7H,3-4,6,8-11,13H2,(H,22,26). The van der Waals surface area contributed by atoms with E-state index in [0.717, 1.165) is 29.7 Å². The van der Waals surface area contributed by atoms with E-state index in [0.29, 0.717) is 23.7 Å². The van der Waals surface area contributed by atoms with E-state index < -0.39 is 20.6 Å². The molecule has 0 unspecified atom stereocenters. The Morgan fingerprint density at radius 3 is 2.62 bits per heavy atom. The molecule has 1 aromatic carbocycles. The van der Waals surface area contributed by atoms with Crippen molar-refractivity contribution in [3.05, 3.63) is 50.4 Å². The number of nitro benzene ring substituents is 1. The van der Waals surface area contributed by atoms with Crippen LogP contribution in [-0.4, -0.2) is 61.2 Å². The normalized spacial score (nSPS) is 17.0. The number of carbonyl (C=O) groups excluding carboxylic acids is 1. The highest BCUT2D eigenvalue weighted by molar-refractivity contribution is 7.89. The third kappa shape index (κ3) is 4.24. The molecule has 32 heavy (non-hydrogen) atoms. The molecule has 0 bridgehead atoms. The highest BCUT2D eigenvalue weighted by Crippen LogP contribution is 2.38. The number of nitro groups is 1. The molecule has 1 aromatic heterocycles. The van der Waals surface area contributed by atoms with Crippen LogP contribution in [0.25, 0.3) is 0 Å². The van der Waals surface area contributed by atoms with Gasteiger partial charge in [0.05, 0.1) is 17.0 Å². The molecule has 2 aliphatic rings. The van der Waals surface area contributed by atoms with Gasteiger partial charge < -0.3 is 5.32 Å². The number of anilines is 1. The molecule has 1 aliphatic heterocycles. The Morgan fingerprint density at radius 2 is 1.94 bits per heavy atom. The predicted octanol–water partition coefficient (Wildman–Crippen LogP) is 1.96. The highest BCUT2D eigenvalue weighted by Gasteiger charge is 2.34. The molecule has 0 spiro atoms. The summed E-state index contributed by atoms with van der Waals surface area (Å²) < 4.78 is 27.0. The van der Waals surface area contributed by atoms with E-state index in [1.54, 1.807) is 0 Å². The molecular formula is C20H21N5O5S2. The second-order valence-corrected chi connectivity index (χ2v) is 10.6. The van der Waals surface area contributed by atoms with Gasteiger partial charge in [-0.2, -0.15) is 9.57 Å². The summed E-state index contributed by atoms with van der Waals surface area (Å²) in [4.78, 5) is 25.7. The van der Waals surface area contributed by atoms with E-state index in [-0.39, 0.29) is 30.4 Å². The maximum absolute atomic E-state index is 12.9. The topological polar surface area (TPSA) is 137 Å². The van der Waals surface area contributed by atoms with E-state index in [1.807, 2.05) is 4.90 Å². The SMILES string of the molecule is N#Cc1c(NC(=O)CN2CCN(S(=O)(=O)c3ccccc3[N+](=O)[O-])CC2)sc2c1CCC2. The van der Waals surface area contributed by atoms with Gasteiger partial charge in [0.15, 0.2) is 4.90 Å². The molecule has 10 nitrogen and oxygen atoms in total. The van der Waals surface area contributed by atoms with Crippen molar-refractivity contribution in [3.63, 3.8) is 0 Å². The van der Waals surface area contributed by atoms with Crippen molar-refractivity contribution in [2.45, 2.75) is 24.2 Å². The molecule has 1 aliphatic carbocycles. The fourth-order valence-corrected chi connectivity index (χ4v) is 6.91. The summed E-state index contributed by atoms with van der Waals surface area (Å²) in [5.74, 6) is -0.253. The van der Waals surface area contributed by atoms with Crippen molar-refractivity contribution >= 4 is 38.0 Å². The minimum Gasteiger partial charge on any atom is -0.315 e. The van der Waals surface area contributed by atoms with Crippen LogP contribution in [0.15, 0.2) is 29.2 Å². The highest BCUT2D eigenvalue weighted by atomic mass is 32.2. The van der Waals surface area contributed by atoms with Crippen LogP contribution in [0.3, 0.4) is 0 Å². The van der Waals surface area contributed by atoms with Gasteiger partial charge in [-0.3, -0.25) is 19.8 Å². The summed E-state index contributed by atoms with van der Waals surface area (Å²) in [7, 11) is -4.02. The fraction of sp³-hybridized carbons (Fsp3) is 0.400. The Labute approximate surface area is 189 Å². The number of sulfonamides is 1. The molecule has 0 atom stereocenters. The van der Waals surface area contributed by atoms with Crippen LogP contribution in [-0.2, 0) is 27.7 Å². The molecule has 1 amide bonds. The number of amides is 1. The summed E-state index contributed by atoms with van der Waals surface area (Å²) in [6, 6.07) is 7.48. The van der Waals surface area contributed by atoms with E-state index in [1.165, 1.54) is 39.9 Å². The molecule has 2 aromatic rings. The number of hydrogen-bond donors (Lipinski definition) is 1. The molecule has 2 heterocycles. The first kappa shape index (κ1) is 22.3. The van der Waals surface area contributed by atoms with Crippen LogP contribution in [0.1, 0.15) is 22.4 Å². The second kappa shape index (κ2) is 8.95. The number of nitriles is 1. The molecule has 0 saturated carbocycles. The number of rotatable bonds is 6. The first-order valence-electron chi connectivity index (χ1n) is 10.1. The van der Waals surface area contributed by atoms with E-state index >= 15 is 0 Å². The average Bonchev–Trinajstić information content (AvgIpc) is 3.34. The second-order valence-electron chi connectivity index (χ2n) is 7.63. The number of para-hydroxylation sites is 1. The van der Waals surface area contributed by atoms with Crippen LogP contribution in [0.5, 0.6) is 0 Å². The summed E-state index contributed by atoms with van der Waals surface area (Å²) in [6.45, 7) is 0.961. The fourth-order valence-electron chi connectivity index (χ4n) is 4.07. The first-order valence-corrected chi connectivity index (χ1v) is 12.4. The van der Waals surface area contributed by atoms with Crippen LogP contribution >= 0.6 is 11.3 Å². The first-order chi connectivity index (χ1) is 15.3. The third-order valence-electron chi connectivity index (χ3n) is 5.66. The van der Waals surface area contributed by atoms with Gasteiger partial charge in [-0.1, -0.05) is 12.1 Å². The Balaban J connectivity index is 1.37. The van der Waals surface area contributed by atoms with Crippen molar-refractivity contribution in [1.29, 1.82) is 5.26 Å². The van der Waals surface area contributed by atoms with Crippen LogP contribution in [0.4, 0.5) is 10.7 Å². The summed E-state index contributed by atoms with van der Waals surface area (Å²) in [5.41, 5.74) is 1.14. The molecule has 1 saturated heterocycles. The van der Waals surface area contributed by atoms with E-state index in [9.17, 15) is 28.6 Å². The quantitative estimate of drug-likeness (QED) is 0.498. The lowest BCUT2D eigenvalue weighted by atomic mass is 10.1. The van der Waals surface area contributed by atoms with E-state index in [2.05, 4.69) is 11.4 Å². The minimum atomic E-state index is -4.02. The van der Waals surface area contributed by atoms with Gasteiger partial charge in [-0.05, 0) is 30.9 Å². The monoisotopic (exact) mass is 475 g/mol. The number of nitrogens with one attached hydrogen (secondary N) is 1. The maximum Gasteiger partial charge on any atom is 0.289 e. The van der Waals surface area contributed by atoms with Gasteiger partial charge in [-0.25, -0.2) is 8.42 Å². The minimum absolute atomic E-state index is 0.0762. The maximum atomic E-state index is 12.9. The number of fused-ring (bicyclic) bond motifs is 1. The number of thiophene rings is 1. The Bertz CT molecular complexity index is 1210. The van der Waals surface area contributed by atoms with Gasteiger partial charge in [0.25, 0.3) is 5.69 Å². The van der Waals surface area contributed by atoms with Crippen molar-refractivity contribution in [2.75, 3.05) is 38.0 Å². The molecule has 1 N–H and O–H groups in total. The zero-order valence-corrected chi connectivity index (χ0v) is 18.7. The zero-order valence-electron chi connectivity index (χ0n) is 17.1. The number of aryl methyl sites for hydroxylation is 1.